The van der Waals surface area contributed by atoms with Crippen molar-refractivity contribution in [2.75, 3.05) is 13.2 Å². The molecule has 1 aliphatic heterocycles. The largest absolute Gasteiger partial charge is 0.347 e. The van der Waals surface area contributed by atoms with Gasteiger partial charge in [-0.15, -0.1) is 0 Å². The van der Waals surface area contributed by atoms with Crippen LogP contribution in [0.5, 0.6) is 0 Å². The Bertz CT molecular complexity index is 382. The monoisotopic (exact) mass is 304 g/mol. The standard InChI is InChI=1S/C20H32O2/c1-2-3-4-5-6-7-8-12-15-20(21-16-17-22-20)18-19-13-10-9-11-14-19/h9-11,13-14H,2-8,12,15-18H2,1H3. The topological polar surface area (TPSA) is 18.5 Å². The van der Waals surface area contributed by atoms with Crippen molar-refractivity contribution in [2.24, 2.45) is 0 Å². The molecular weight excluding hydrogens is 272 g/mol. The van der Waals surface area contributed by atoms with Crippen LogP contribution in [0.3, 0.4) is 0 Å². The van der Waals surface area contributed by atoms with Crippen molar-refractivity contribution >= 4 is 0 Å². The van der Waals surface area contributed by atoms with Crippen LogP contribution in [0.4, 0.5) is 0 Å². The molecule has 0 aromatic heterocycles. The van der Waals surface area contributed by atoms with Crippen molar-refractivity contribution in [3.8, 4) is 0 Å². The predicted octanol–water partition coefficient (Wildman–Crippen LogP) is 5.50. The average Bonchev–Trinajstić information content (AvgIpc) is 2.99. The molecule has 1 aromatic rings. The first-order valence-corrected chi connectivity index (χ1v) is 9.16. The van der Waals surface area contributed by atoms with E-state index in [9.17, 15) is 0 Å². The number of hydrogen-bond acceptors (Lipinski definition) is 2. The summed E-state index contributed by atoms with van der Waals surface area (Å²) in [6, 6.07) is 10.6. The summed E-state index contributed by atoms with van der Waals surface area (Å²) in [7, 11) is 0. The van der Waals surface area contributed by atoms with Crippen molar-refractivity contribution in [1.82, 2.24) is 0 Å². The first-order chi connectivity index (χ1) is 10.8. The van der Waals surface area contributed by atoms with Gasteiger partial charge in [0, 0.05) is 12.8 Å². The zero-order valence-corrected chi connectivity index (χ0v) is 14.2. The van der Waals surface area contributed by atoms with Crippen LogP contribution in [0.2, 0.25) is 0 Å². The minimum Gasteiger partial charge on any atom is -0.347 e. The van der Waals surface area contributed by atoms with E-state index in [4.69, 9.17) is 9.47 Å². The molecule has 0 N–H and O–H groups in total. The van der Waals surface area contributed by atoms with Crippen molar-refractivity contribution in [1.29, 1.82) is 0 Å². The molecule has 0 unspecified atom stereocenters. The maximum atomic E-state index is 5.98. The van der Waals surface area contributed by atoms with Gasteiger partial charge in [-0.05, 0) is 12.0 Å². The van der Waals surface area contributed by atoms with Crippen LogP contribution < -0.4 is 0 Å². The van der Waals surface area contributed by atoms with Crippen LogP contribution in [-0.4, -0.2) is 19.0 Å². The summed E-state index contributed by atoms with van der Waals surface area (Å²) in [5.74, 6) is -0.358. The summed E-state index contributed by atoms with van der Waals surface area (Å²) in [4.78, 5) is 0. The first-order valence-electron chi connectivity index (χ1n) is 9.16. The Labute approximate surface area is 136 Å². The Balaban J connectivity index is 1.66. The van der Waals surface area contributed by atoms with Gasteiger partial charge in [0.1, 0.15) is 0 Å². The third-order valence-electron chi connectivity index (χ3n) is 4.54. The van der Waals surface area contributed by atoms with E-state index in [1.807, 2.05) is 0 Å². The van der Waals surface area contributed by atoms with Gasteiger partial charge in [0.05, 0.1) is 13.2 Å². The second-order valence-corrected chi connectivity index (χ2v) is 6.49. The summed E-state index contributed by atoms with van der Waals surface area (Å²) in [6.07, 6.45) is 12.7. The maximum absolute atomic E-state index is 5.98. The fourth-order valence-corrected chi connectivity index (χ4v) is 3.27. The predicted molar refractivity (Wildman–Crippen MR) is 92.0 cm³/mol. The lowest BCUT2D eigenvalue weighted by Crippen LogP contribution is -2.32. The highest BCUT2D eigenvalue weighted by Gasteiger charge is 2.35. The molecule has 0 radical (unpaired) electrons. The molecule has 1 heterocycles. The summed E-state index contributed by atoms with van der Waals surface area (Å²) in [5.41, 5.74) is 1.31. The van der Waals surface area contributed by atoms with Gasteiger partial charge >= 0.3 is 0 Å². The molecule has 0 spiro atoms. The molecule has 124 valence electrons. The highest BCUT2D eigenvalue weighted by molar-refractivity contribution is 5.16. The lowest BCUT2D eigenvalue weighted by molar-refractivity contribution is -0.161. The van der Waals surface area contributed by atoms with E-state index in [-0.39, 0.29) is 5.79 Å². The average molecular weight is 304 g/mol. The molecule has 2 nitrogen and oxygen atoms in total. The van der Waals surface area contributed by atoms with Crippen LogP contribution >= 0.6 is 0 Å². The zero-order valence-electron chi connectivity index (χ0n) is 14.2. The molecule has 0 saturated carbocycles. The van der Waals surface area contributed by atoms with Gasteiger partial charge in [-0.2, -0.15) is 0 Å². The molecule has 0 atom stereocenters. The molecule has 2 rings (SSSR count). The normalized spacial score (nSPS) is 17.0. The van der Waals surface area contributed by atoms with Crippen LogP contribution in [-0.2, 0) is 15.9 Å². The van der Waals surface area contributed by atoms with Gasteiger partial charge in [0.25, 0.3) is 0 Å². The maximum Gasteiger partial charge on any atom is 0.172 e. The molecule has 22 heavy (non-hydrogen) atoms. The Morgan fingerprint density at radius 1 is 0.818 bits per heavy atom. The van der Waals surface area contributed by atoms with E-state index in [0.29, 0.717) is 0 Å². The highest BCUT2D eigenvalue weighted by atomic mass is 16.7. The molecular formula is C20H32O2. The van der Waals surface area contributed by atoms with Gasteiger partial charge in [0.2, 0.25) is 0 Å². The quantitative estimate of drug-likeness (QED) is 0.502. The highest BCUT2D eigenvalue weighted by Crippen LogP contribution is 2.30. The summed E-state index contributed by atoms with van der Waals surface area (Å²) >= 11 is 0. The molecule has 1 saturated heterocycles. The van der Waals surface area contributed by atoms with Crippen LogP contribution in [0.25, 0.3) is 0 Å². The first kappa shape index (κ1) is 17.5. The van der Waals surface area contributed by atoms with Gasteiger partial charge in [-0.1, -0.05) is 82.2 Å². The number of ether oxygens (including phenoxy) is 2. The van der Waals surface area contributed by atoms with E-state index in [2.05, 4.69) is 37.3 Å². The van der Waals surface area contributed by atoms with E-state index in [0.717, 1.165) is 26.1 Å². The van der Waals surface area contributed by atoms with Crippen LogP contribution in [0.15, 0.2) is 30.3 Å². The van der Waals surface area contributed by atoms with Crippen molar-refractivity contribution in [3.63, 3.8) is 0 Å². The van der Waals surface area contributed by atoms with Crippen molar-refractivity contribution in [3.05, 3.63) is 35.9 Å². The summed E-state index contributed by atoms with van der Waals surface area (Å²) in [5, 5.41) is 0. The van der Waals surface area contributed by atoms with Crippen LogP contribution in [0, 0.1) is 0 Å². The van der Waals surface area contributed by atoms with E-state index >= 15 is 0 Å². The Hall–Kier alpha value is -0.860. The SMILES string of the molecule is CCCCCCCCCCC1(Cc2ccccc2)OCCO1. The van der Waals surface area contributed by atoms with Gasteiger partial charge in [-0.25, -0.2) is 0 Å². The number of rotatable bonds is 11. The lowest BCUT2D eigenvalue weighted by Gasteiger charge is -2.27. The lowest BCUT2D eigenvalue weighted by atomic mass is 9.98. The zero-order chi connectivity index (χ0) is 15.5. The second kappa shape index (κ2) is 10.0. The van der Waals surface area contributed by atoms with Gasteiger partial charge in [-0.3, -0.25) is 0 Å². The minimum atomic E-state index is -0.358. The van der Waals surface area contributed by atoms with Gasteiger partial charge < -0.3 is 9.47 Å². The summed E-state index contributed by atoms with van der Waals surface area (Å²) < 4.78 is 12.0. The molecule has 0 amide bonds. The van der Waals surface area contributed by atoms with E-state index in [1.165, 1.54) is 56.9 Å². The van der Waals surface area contributed by atoms with Crippen molar-refractivity contribution in [2.45, 2.75) is 76.9 Å². The molecule has 2 heteroatoms. The molecule has 1 aromatic carbocycles. The molecule has 0 aliphatic carbocycles. The third kappa shape index (κ3) is 6.10. The molecule has 1 aliphatic rings. The fraction of sp³-hybridized carbons (Fsp3) is 0.700. The number of unbranched alkanes of at least 4 members (excludes halogenated alkanes) is 7. The number of hydrogen-bond donors (Lipinski definition) is 0. The Morgan fingerprint density at radius 2 is 1.41 bits per heavy atom. The van der Waals surface area contributed by atoms with Crippen molar-refractivity contribution < 1.29 is 9.47 Å². The molecule has 1 fully saturated rings. The fourth-order valence-electron chi connectivity index (χ4n) is 3.27. The van der Waals surface area contributed by atoms with Gasteiger partial charge in [0.15, 0.2) is 5.79 Å². The number of benzene rings is 1. The smallest absolute Gasteiger partial charge is 0.172 e. The van der Waals surface area contributed by atoms with Crippen LogP contribution in [0.1, 0.15) is 70.3 Å². The van der Waals surface area contributed by atoms with E-state index < -0.39 is 0 Å². The second-order valence-electron chi connectivity index (χ2n) is 6.49. The third-order valence-corrected chi connectivity index (χ3v) is 4.54. The summed E-state index contributed by atoms with van der Waals surface area (Å²) in [6.45, 7) is 3.75. The Kier molecular flexibility index (Phi) is 7.96. The van der Waals surface area contributed by atoms with E-state index in [1.54, 1.807) is 0 Å². The molecule has 0 bridgehead atoms. The minimum absolute atomic E-state index is 0.358. The Morgan fingerprint density at radius 3 is 2.05 bits per heavy atom.